The lowest BCUT2D eigenvalue weighted by Crippen LogP contribution is -2.01. The van der Waals surface area contributed by atoms with Gasteiger partial charge in [0.15, 0.2) is 0 Å². The Morgan fingerprint density at radius 1 is 1.12 bits per heavy atom. The Bertz CT molecular complexity index is 512. The van der Waals surface area contributed by atoms with Gasteiger partial charge in [-0.1, -0.05) is 0 Å². The van der Waals surface area contributed by atoms with E-state index in [0.29, 0.717) is 11.5 Å². The van der Waals surface area contributed by atoms with Crippen molar-refractivity contribution in [2.24, 2.45) is 0 Å². The van der Waals surface area contributed by atoms with Crippen LogP contribution in [0, 0.1) is 11.6 Å². The average Bonchev–Trinajstić information content (AvgIpc) is 2.31. The van der Waals surface area contributed by atoms with Crippen LogP contribution in [-0.2, 0) is 0 Å². The molecular formula is C12H11F2N3. The first-order valence-corrected chi connectivity index (χ1v) is 5.23. The largest absolute Gasteiger partial charge is 0.369 e. The van der Waals surface area contributed by atoms with E-state index in [4.69, 9.17) is 0 Å². The van der Waals surface area contributed by atoms with Gasteiger partial charge < -0.3 is 5.32 Å². The maximum absolute atomic E-state index is 13.5. The van der Waals surface area contributed by atoms with Crippen LogP contribution in [0.1, 0.15) is 6.92 Å². The van der Waals surface area contributed by atoms with E-state index >= 15 is 0 Å². The summed E-state index contributed by atoms with van der Waals surface area (Å²) in [6.45, 7) is 2.67. The highest BCUT2D eigenvalue weighted by Crippen LogP contribution is 2.21. The lowest BCUT2D eigenvalue weighted by atomic mass is 10.1. The molecule has 1 aromatic heterocycles. The first kappa shape index (κ1) is 11.4. The zero-order valence-corrected chi connectivity index (χ0v) is 9.24. The summed E-state index contributed by atoms with van der Waals surface area (Å²) in [7, 11) is 0. The van der Waals surface area contributed by atoms with Crippen molar-refractivity contribution in [2.45, 2.75) is 6.92 Å². The molecule has 0 amide bonds. The number of hydrogen-bond acceptors (Lipinski definition) is 3. The summed E-state index contributed by atoms with van der Waals surface area (Å²) in [5, 5.41) is 10.8. The topological polar surface area (TPSA) is 37.8 Å². The van der Waals surface area contributed by atoms with Crippen molar-refractivity contribution in [1.82, 2.24) is 10.2 Å². The number of benzene rings is 1. The fraction of sp³-hybridized carbons (Fsp3) is 0.167. The second-order valence-electron chi connectivity index (χ2n) is 3.46. The van der Waals surface area contributed by atoms with Gasteiger partial charge in [0.25, 0.3) is 0 Å². The fourth-order valence-electron chi connectivity index (χ4n) is 1.45. The third-order valence-corrected chi connectivity index (χ3v) is 2.23. The van der Waals surface area contributed by atoms with Crippen LogP contribution in [-0.4, -0.2) is 16.7 Å². The van der Waals surface area contributed by atoms with Crippen LogP contribution >= 0.6 is 0 Å². The van der Waals surface area contributed by atoms with Crippen molar-refractivity contribution in [3.05, 3.63) is 42.0 Å². The van der Waals surface area contributed by atoms with Crippen molar-refractivity contribution in [3.63, 3.8) is 0 Å². The smallest absolute Gasteiger partial charge is 0.148 e. The van der Waals surface area contributed by atoms with E-state index in [1.165, 1.54) is 12.1 Å². The molecule has 1 aromatic carbocycles. The summed E-state index contributed by atoms with van der Waals surface area (Å²) < 4.78 is 26.2. The van der Waals surface area contributed by atoms with Gasteiger partial charge >= 0.3 is 0 Å². The van der Waals surface area contributed by atoms with E-state index in [9.17, 15) is 8.78 Å². The summed E-state index contributed by atoms with van der Waals surface area (Å²) in [5.74, 6) is -0.627. The molecule has 3 nitrogen and oxygen atoms in total. The Kier molecular flexibility index (Phi) is 3.27. The summed E-state index contributed by atoms with van der Waals surface area (Å²) in [6, 6.07) is 6.71. The van der Waals surface area contributed by atoms with Crippen molar-refractivity contribution in [2.75, 3.05) is 11.9 Å². The third kappa shape index (κ3) is 2.55. The minimum absolute atomic E-state index is 0.238. The molecular weight excluding hydrogens is 224 g/mol. The summed E-state index contributed by atoms with van der Waals surface area (Å²) >= 11 is 0. The number of aromatic nitrogens is 2. The molecule has 88 valence electrons. The molecule has 5 heteroatoms. The summed E-state index contributed by atoms with van der Waals surface area (Å²) in [4.78, 5) is 0. The Labute approximate surface area is 97.5 Å². The second kappa shape index (κ2) is 4.86. The van der Waals surface area contributed by atoms with Gasteiger partial charge in [-0.2, -0.15) is 0 Å². The maximum atomic E-state index is 13.5. The highest BCUT2D eigenvalue weighted by atomic mass is 19.1. The van der Waals surface area contributed by atoms with Crippen LogP contribution in [0.15, 0.2) is 30.3 Å². The standard InChI is InChI=1S/C12H11F2N3/c1-2-15-12-6-5-11(16-17-12)9-4-3-8(13)7-10(9)14/h3-7H,2H2,1H3,(H,15,17). The molecule has 2 rings (SSSR count). The van der Waals surface area contributed by atoms with Gasteiger partial charge in [-0.3, -0.25) is 0 Å². The molecule has 0 atom stereocenters. The monoisotopic (exact) mass is 235 g/mol. The zero-order chi connectivity index (χ0) is 12.3. The van der Waals surface area contributed by atoms with Crippen molar-refractivity contribution in [3.8, 4) is 11.3 Å². The Morgan fingerprint density at radius 3 is 2.53 bits per heavy atom. The number of anilines is 1. The van der Waals surface area contributed by atoms with Gasteiger partial charge in [0.2, 0.25) is 0 Å². The summed E-state index contributed by atoms with van der Waals surface area (Å²) in [5.41, 5.74) is 0.617. The molecule has 0 saturated carbocycles. The molecule has 0 fully saturated rings. The quantitative estimate of drug-likeness (QED) is 0.888. The van der Waals surface area contributed by atoms with Crippen LogP contribution in [0.4, 0.5) is 14.6 Å². The number of nitrogens with zero attached hydrogens (tertiary/aromatic N) is 2. The second-order valence-corrected chi connectivity index (χ2v) is 3.46. The highest BCUT2D eigenvalue weighted by molar-refractivity contribution is 5.60. The minimum Gasteiger partial charge on any atom is -0.369 e. The van der Waals surface area contributed by atoms with Gasteiger partial charge in [0.05, 0.1) is 5.69 Å². The molecule has 2 aromatic rings. The molecule has 0 spiro atoms. The number of hydrogen-bond donors (Lipinski definition) is 1. The van der Waals surface area contributed by atoms with Crippen LogP contribution < -0.4 is 5.32 Å². The van der Waals surface area contributed by atoms with Crippen LogP contribution in [0.25, 0.3) is 11.3 Å². The SMILES string of the molecule is CCNc1ccc(-c2ccc(F)cc2F)nn1. The van der Waals surface area contributed by atoms with Crippen molar-refractivity contribution in [1.29, 1.82) is 0 Å². The summed E-state index contributed by atoms with van der Waals surface area (Å²) in [6.07, 6.45) is 0. The third-order valence-electron chi connectivity index (χ3n) is 2.23. The van der Waals surface area contributed by atoms with Gasteiger partial charge in [-0.15, -0.1) is 10.2 Å². The van der Waals surface area contributed by atoms with E-state index in [1.54, 1.807) is 12.1 Å². The molecule has 0 saturated heterocycles. The van der Waals surface area contributed by atoms with E-state index in [1.807, 2.05) is 6.92 Å². The van der Waals surface area contributed by atoms with E-state index < -0.39 is 11.6 Å². The van der Waals surface area contributed by atoms with Crippen LogP contribution in [0.2, 0.25) is 0 Å². The van der Waals surface area contributed by atoms with Gasteiger partial charge in [-0.05, 0) is 31.2 Å². The molecule has 0 aliphatic carbocycles. The lowest BCUT2D eigenvalue weighted by Gasteiger charge is -2.04. The van der Waals surface area contributed by atoms with Crippen molar-refractivity contribution >= 4 is 5.82 Å². The maximum Gasteiger partial charge on any atom is 0.148 e. The number of nitrogens with one attached hydrogen (secondary N) is 1. The molecule has 1 N–H and O–H groups in total. The Hall–Kier alpha value is -2.04. The predicted molar refractivity (Wildman–Crippen MR) is 61.5 cm³/mol. The van der Waals surface area contributed by atoms with E-state index in [-0.39, 0.29) is 5.56 Å². The first-order chi connectivity index (χ1) is 8.20. The van der Waals surface area contributed by atoms with Gasteiger partial charge in [0.1, 0.15) is 17.5 Å². The van der Waals surface area contributed by atoms with Gasteiger partial charge in [0, 0.05) is 18.2 Å². The number of halogens is 2. The zero-order valence-electron chi connectivity index (χ0n) is 9.24. The molecule has 0 bridgehead atoms. The van der Waals surface area contributed by atoms with Gasteiger partial charge in [-0.25, -0.2) is 8.78 Å². The molecule has 0 aliphatic rings. The Morgan fingerprint density at radius 2 is 1.94 bits per heavy atom. The fourth-order valence-corrected chi connectivity index (χ4v) is 1.45. The Balaban J connectivity index is 2.33. The van der Waals surface area contributed by atoms with Crippen molar-refractivity contribution < 1.29 is 8.78 Å². The molecule has 0 radical (unpaired) electrons. The minimum atomic E-state index is -0.643. The van der Waals surface area contributed by atoms with E-state index in [0.717, 1.165) is 12.6 Å². The molecule has 1 heterocycles. The van der Waals surface area contributed by atoms with Crippen LogP contribution in [0.3, 0.4) is 0 Å². The normalized spacial score (nSPS) is 10.3. The first-order valence-electron chi connectivity index (χ1n) is 5.23. The van der Waals surface area contributed by atoms with Crippen LogP contribution in [0.5, 0.6) is 0 Å². The predicted octanol–water partition coefficient (Wildman–Crippen LogP) is 2.85. The molecule has 0 aliphatic heterocycles. The lowest BCUT2D eigenvalue weighted by molar-refractivity contribution is 0.585. The highest BCUT2D eigenvalue weighted by Gasteiger charge is 2.08. The molecule has 17 heavy (non-hydrogen) atoms. The molecule has 0 unspecified atom stereocenters. The number of rotatable bonds is 3. The average molecular weight is 235 g/mol. The van der Waals surface area contributed by atoms with E-state index in [2.05, 4.69) is 15.5 Å².